The number of aromatic amines is 2. The van der Waals surface area contributed by atoms with E-state index in [9.17, 15) is 9.18 Å². The van der Waals surface area contributed by atoms with Gasteiger partial charge in [0, 0.05) is 41.2 Å². The van der Waals surface area contributed by atoms with Gasteiger partial charge < -0.3 is 10.3 Å². The molecule has 1 aromatic carbocycles. The topological polar surface area (TPSA) is 125 Å². The van der Waals surface area contributed by atoms with Crippen molar-refractivity contribution in [2.45, 2.75) is 12.8 Å². The van der Waals surface area contributed by atoms with Crippen LogP contribution in [0.4, 0.5) is 14.5 Å². The minimum absolute atomic E-state index is 0.0319. The van der Waals surface area contributed by atoms with Crippen molar-refractivity contribution in [1.82, 2.24) is 35.1 Å². The Morgan fingerprint density at radius 1 is 0.974 bits per heavy atom. The largest absolute Gasteiger partial charge is 0.336 e. The molecule has 5 heterocycles. The Balaban J connectivity index is 1.31. The Morgan fingerprint density at radius 3 is 2.63 bits per heavy atom. The molecule has 0 saturated heterocycles. The molecule has 5 aromatic heterocycles. The monoisotopic (exact) mass is 508 g/mol. The molecule has 0 spiro atoms. The van der Waals surface area contributed by atoms with Crippen molar-refractivity contribution in [2.24, 2.45) is 5.92 Å². The first kappa shape index (κ1) is 22.2. The van der Waals surface area contributed by atoms with Crippen molar-refractivity contribution >= 4 is 33.7 Å². The predicted molar refractivity (Wildman–Crippen MR) is 137 cm³/mol. The molecule has 1 aliphatic carbocycles. The van der Waals surface area contributed by atoms with Crippen molar-refractivity contribution in [1.29, 1.82) is 0 Å². The molecule has 186 valence electrons. The van der Waals surface area contributed by atoms with Crippen LogP contribution >= 0.6 is 0 Å². The number of amides is 1. The molecule has 0 atom stereocenters. The van der Waals surface area contributed by atoms with E-state index < -0.39 is 5.82 Å². The molecular weight excluding hydrogens is 490 g/mol. The maximum atomic E-state index is 16.0. The summed E-state index contributed by atoms with van der Waals surface area (Å²) in [6.07, 6.45) is 7.81. The van der Waals surface area contributed by atoms with Gasteiger partial charge in [-0.05, 0) is 49.2 Å². The molecule has 1 aliphatic rings. The Bertz CT molecular complexity index is 1860. The summed E-state index contributed by atoms with van der Waals surface area (Å²) < 4.78 is 29.4. The second-order valence-corrected chi connectivity index (χ2v) is 9.16. The summed E-state index contributed by atoms with van der Waals surface area (Å²) >= 11 is 0. The van der Waals surface area contributed by atoms with Crippen LogP contribution in [0, 0.1) is 17.6 Å². The van der Waals surface area contributed by atoms with E-state index in [0.717, 1.165) is 12.8 Å². The van der Waals surface area contributed by atoms with E-state index >= 15 is 4.39 Å². The zero-order chi connectivity index (χ0) is 25.8. The van der Waals surface area contributed by atoms with Crippen LogP contribution in [0.5, 0.6) is 0 Å². The van der Waals surface area contributed by atoms with Crippen LogP contribution < -0.4 is 5.32 Å². The number of rotatable bonds is 5. The molecule has 1 saturated carbocycles. The van der Waals surface area contributed by atoms with Crippen molar-refractivity contribution in [2.75, 3.05) is 5.32 Å². The number of nitrogens with one attached hydrogen (secondary N) is 3. The number of anilines is 1. The van der Waals surface area contributed by atoms with Crippen molar-refractivity contribution in [3.05, 3.63) is 72.8 Å². The number of halogens is 2. The number of hydrogen-bond acceptors (Lipinski definition) is 6. The summed E-state index contributed by atoms with van der Waals surface area (Å²) in [6.45, 7) is 0. The number of pyridine rings is 3. The number of nitrogens with zero attached hydrogens (tertiary/aromatic N) is 5. The van der Waals surface area contributed by atoms with Crippen LogP contribution in [0.1, 0.15) is 12.8 Å². The quantitative estimate of drug-likeness (QED) is 0.292. The Morgan fingerprint density at radius 2 is 1.82 bits per heavy atom. The van der Waals surface area contributed by atoms with Gasteiger partial charge in [-0.25, -0.2) is 18.7 Å². The second-order valence-electron chi connectivity index (χ2n) is 9.16. The van der Waals surface area contributed by atoms with E-state index in [1.54, 1.807) is 30.5 Å². The van der Waals surface area contributed by atoms with E-state index in [-0.39, 0.29) is 39.9 Å². The van der Waals surface area contributed by atoms with Crippen LogP contribution in [0.15, 0.2) is 61.2 Å². The molecule has 11 heteroatoms. The summed E-state index contributed by atoms with van der Waals surface area (Å²) in [5.41, 5.74) is 4.12. The number of imidazole rings is 1. The lowest BCUT2D eigenvalue weighted by atomic mass is 10.1. The van der Waals surface area contributed by atoms with E-state index in [1.807, 2.05) is 0 Å². The molecule has 6 aromatic rings. The third kappa shape index (κ3) is 3.76. The van der Waals surface area contributed by atoms with Gasteiger partial charge >= 0.3 is 0 Å². The molecule has 9 nitrogen and oxygen atoms in total. The van der Waals surface area contributed by atoms with Crippen LogP contribution in [-0.2, 0) is 4.79 Å². The Labute approximate surface area is 213 Å². The fourth-order valence-corrected chi connectivity index (χ4v) is 4.44. The lowest BCUT2D eigenvalue weighted by Gasteiger charge is -2.08. The van der Waals surface area contributed by atoms with Gasteiger partial charge in [-0.15, -0.1) is 0 Å². The molecule has 0 aliphatic heterocycles. The van der Waals surface area contributed by atoms with E-state index in [2.05, 4.69) is 40.4 Å². The average Bonchev–Trinajstić information content (AvgIpc) is 3.54. The van der Waals surface area contributed by atoms with Gasteiger partial charge in [-0.3, -0.25) is 19.9 Å². The van der Waals surface area contributed by atoms with E-state index in [1.165, 1.54) is 30.7 Å². The molecule has 0 radical (unpaired) electrons. The highest BCUT2D eigenvalue weighted by atomic mass is 19.1. The highest BCUT2D eigenvalue weighted by Gasteiger charge is 2.29. The molecule has 0 bridgehead atoms. The molecule has 3 N–H and O–H groups in total. The Hall–Kier alpha value is -5.06. The van der Waals surface area contributed by atoms with E-state index in [0.29, 0.717) is 39.4 Å². The first-order valence-corrected chi connectivity index (χ1v) is 11.9. The van der Waals surface area contributed by atoms with Crippen molar-refractivity contribution in [3.63, 3.8) is 0 Å². The standard InChI is InChI=1S/C27H18F2N8O/c28-16-5-3-13(4-6-16)22-23-19(7-8-31-22)34-26(35-23)24-20-21(29)18(12-32-25(20)37-36-24)15-9-17(11-30-10-15)33-27(38)14-1-2-14/h3-12,14H,1-2H2,(H,33,38)(H,34,35)(H,32,36,37). The number of carbonyl (C=O) groups excluding carboxylic acids is 1. The van der Waals surface area contributed by atoms with Gasteiger partial charge in [0.2, 0.25) is 5.91 Å². The third-order valence-electron chi connectivity index (χ3n) is 6.53. The minimum Gasteiger partial charge on any atom is -0.336 e. The van der Waals surface area contributed by atoms with Crippen LogP contribution in [0.25, 0.3) is 56.0 Å². The first-order valence-electron chi connectivity index (χ1n) is 11.9. The fourth-order valence-electron chi connectivity index (χ4n) is 4.44. The van der Waals surface area contributed by atoms with Gasteiger partial charge in [-0.1, -0.05) is 0 Å². The van der Waals surface area contributed by atoms with Crippen molar-refractivity contribution < 1.29 is 13.6 Å². The smallest absolute Gasteiger partial charge is 0.227 e. The maximum Gasteiger partial charge on any atom is 0.227 e. The number of benzene rings is 1. The number of carbonyl (C=O) groups is 1. The average molecular weight is 508 g/mol. The first-order chi connectivity index (χ1) is 18.5. The number of aromatic nitrogens is 7. The minimum atomic E-state index is -0.552. The molecule has 38 heavy (non-hydrogen) atoms. The summed E-state index contributed by atoms with van der Waals surface area (Å²) in [5, 5.41) is 10.1. The molecule has 1 fully saturated rings. The lowest BCUT2D eigenvalue weighted by molar-refractivity contribution is -0.117. The maximum absolute atomic E-state index is 16.0. The van der Waals surface area contributed by atoms with Gasteiger partial charge in [0.1, 0.15) is 22.8 Å². The van der Waals surface area contributed by atoms with Gasteiger partial charge in [0.25, 0.3) is 0 Å². The van der Waals surface area contributed by atoms with E-state index in [4.69, 9.17) is 0 Å². The second kappa shape index (κ2) is 8.51. The van der Waals surface area contributed by atoms with Crippen LogP contribution in [0.3, 0.4) is 0 Å². The fraction of sp³-hybridized carbons (Fsp3) is 0.111. The Kier molecular flexibility index (Phi) is 4.96. The summed E-state index contributed by atoms with van der Waals surface area (Å²) in [7, 11) is 0. The zero-order valence-electron chi connectivity index (χ0n) is 19.7. The molecular formula is C27H18F2N8O. The van der Waals surface area contributed by atoms with Crippen LogP contribution in [-0.4, -0.2) is 41.0 Å². The normalized spacial score (nSPS) is 13.3. The molecule has 0 unspecified atom stereocenters. The highest BCUT2D eigenvalue weighted by Crippen LogP contribution is 2.35. The predicted octanol–water partition coefficient (Wildman–Crippen LogP) is 5.25. The highest BCUT2D eigenvalue weighted by molar-refractivity contribution is 5.97. The van der Waals surface area contributed by atoms with Crippen LogP contribution in [0.2, 0.25) is 0 Å². The molecule has 1 amide bonds. The third-order valence-corrected chi connectivity index (χ3v) is 6.53. The summed E-state index contributed by atoms with van der Waals surface area (Å²) in [4.78, 5) is 33.0. The summed E-state index contributed by atoms with van der Waals surface area (Å²) in [5.74, 6) is -0.608. The van der Waals surface area contributed by atoms with Gasteiger partial charge in [0.15, 0.2) is 11.5 Å². The SMILES string of the molecule is O=C(Nc1cncc(-c2cnc3[nH]nc(-c4nc5c(-c6ccc(F)cc6)nccc5[nH]4)c3c2F)c1)C1CC1. The zero-order valence-corrected chi connectivity index (χ0v) is 19.7. The number of H-pyrrole nitrogens is 2. The lowest BCUT2D eigenvalue weighted by Crippen LogP contribution is -2.13. The van der Waals surface area contributed by atoms with Gasteiger partial charge in [0.05, 0.1) is 28.5 Å². The molecule has 7 rings (SSSR count). The van der Waals surface area contributed by atoms with Gasteiger partial charge in [-0.2, -0.15) is 5.10 Å². The number of hydrogen-bond donors (Lipinski definition) is 3. The van der Waals surface area contributed by atoms with Crippen molar-refractivity contribution in [3.8, 4) is 33.9 Å². The number of fused-ring (bicyclic) bond motifs is 2. The summed E-state index contributed by atoms with van der Waals surface area (Å²) in [6, 6.07) is 9.38.